The summed E-state index contributed by atoms with van der Waals surface area (Å²) >= 11 is 12.0. The number of hydrogen-bond donors (Lipinski definition) is 1. The third-order valence-electron chi connectivity index (χ3n) is 6.37. The van der Waals surface area contributed by atoms with E-state index in [1.54, 1.807) is 24.3 Å². The predicted molar refractivity (Wildman–Crippen MR) is 124 cm³/mol. The molecule has 30 heavy (non-hydrogen) atoms. The van der Waals surface area contributed by atoms with Crippen LogP contribution < -0.4 is 5.32 Å². The maximum atomic E-state index is 12.7. The Morgan fingerprint density at radius 1 is 1.03 bits per heavy atom. The smallest absolute Gasteiger partial charge is 0.245 e. The molecule has 6 heteroatoms. The molecule has 1 unspecified atom stereocenters. The molecule has 0 spiro atoms. The van der Waals surface area contributed by atoms with E-state index in [-0.39, 0.29) is 17.9 Å². The van der Waals surface area contributed by atoms with Gasteiger partial charge in [0.15, 0.2) is 0 Å². The maximum Gasteiger partial charge on any atom is 0.245 e. The van der Waals surface area contributed by atoms with Crippen LogP contribution in [0.1, 0.15) is 44.6 Å². The molecule has 2 aromatic carbocycles. The van der Waals surface area contributed by atoms with Crippen LogP contribution in [0.2, 0.25) is 10.0 Å². The molecule has 0 radical (unpaired) electrons. The first-order valence-electron chi connectivity index (χ1n) is 10.6. The van der Waals surface area contributed by atoms with Crippen molar-refractivity contribution in [3.05, 3.63) is 64.1 Å². The molecule has 4 nitrogen and oxygen atoms in total. The number of rotatable bonds is 5. The van der Waals surface area contributed by atoms with E-state index >= 15 is 0 Å². The van der Waals surface area contributed by atoms with Gasteiger partial charge in [0.2, 0.25) is 5.91 Å². The quantitative estimate of drug-likeness (QED) is 0.594. The Balaban J connectivity index is 1.54. The van der Waals surface area contributed by atoms with Crippen LogP contribution in [0.5, 0.6) is 0 Å². The number of carbonyl (C=O) groups excluding carboxylic acids is 1. The van der Waals surface area contributed by atoms with E-state index in [1.807, 2.05) is 29.3 Å². The highest BCUT2D eigenvalue weighted by atomic mass is 35.5. The topological polar surface area (TPSA) is 44.7 Å². The van der Waals surface area contributed by atoms with Crippen molar-refractivity contribution in [3.8, 4) is 0 Å². The average Bonchev–Trinajstić information content (AvgIpc) is 3.08. The fourth-order valence-electron chi connectivity index (χ4n) is 4.79. The van der Waals surface area contributed by atoms with E-state index < -0.39 is 0 Å². The van der Waals surface area contributed by atoms with Crippen LogP contribution in [0.25, 0.3) is 0 Å². The van der Waals surface area contributed by atoms with E-state index in [0.717, 1.165) is 28.5 Å². The Labute approximate surface area is 188 Å². The van der Waals surface area contributed by atoms with Crippen LogP contribution in [0.15, 0.2) is 53.6 Å². The molecule has 0 aromatic heterocycles. The van der Waals surface area contributed by atoms with E-state index in [2.05, 4.69) is 12.2 Å². The van der Waals surface area contributed by atoms with Gasteiger partial charge in [-0.1, -0.05) is 61.5 Å². The lowest BCUT2D eigenvalue weighted by atomic mass is 9.66. The molecule has 2 aromatic rings. The second-order valence-electron chi connectivity index (χ2n) is 8.59. The molecule has 1 saturated carbocycles. The number of hydrazone groups is 1. The van der Waals surface area contributed by atoms with Crippen LogP contribution in [-0.2, 0) is 4.79 Å². The summed E-state index contributed by atoms with van der Waals surface area (Å²) in [7, 11) is 0. The molecule has 4 rings (SSSR count). The molecular weight excluding hydrogens is 417 g/mol. The third kappa shape index (κ3) is 4.65. The van der Waals surface area contributed by atoms with Crippen molar-refractivity contribution < 1.29 is 4.79 Å². The van der Waals surface area contributed by atoms with Crippen LogP contribution in [0, 0.1) is 11.3 Å². The zero-order valence-corrected chi connectivity index (χ0v) is 18.7. The number of halogens is 2. The van der Waals surface area contributed by atoms with Crippen molar-refractivity contribution >= 4 is 40.5 Å². The van der Waals surface area contributed by atoms with Crippen molar-refractivity contribution in [2.75, 3.05) is 18.4 Å². The predicted octanol–water partition coefficient (Wildman–Crippen LogP) is 6.24. The largest absolute Gasteiger partial charge is 0.324 e. The Bertz CT molecular complexity index is 920. The van der Waals surface area contributed by atoms with Gasteiger partial charge in [-0.2, -0.15) is 5.10 Å². The van der Waals surface area contributed by atoms with Gasteiger partial charge in [0.1, 0.15) is 6.54 Å². The monoisotopic (exact) mass is 443 g/mol. The van der Waals surface area contributed by atoms with E-state index in [0.29, 0.717) is 10.9 Å². The molecule has 0 saturated heterocycles. The summed E-state index contributed by atoms with van der Waals surface area (Å²) in [5.74, 6) is 0.495. The van der Waals surface area contributed by atoms with E-state index in [1.165, 1.54) is 32.1 Å². The lowest BCUT2D eigenvalue weighted by Crippen LogP contribution is -2.41. The van der Waals surface area contributed by atoms with Crippen LogP contribution >= 0.6 is 23.2 Å². The minimum absolute atomic E-state index is 0.0746. The lowest BCUT2D eigenvalue weighted by Gasteiger charge is -2.38. The summed E-state index contributed by atoms with van der Waals surface area (Å²) in [6, 6.07) is 15.1. The molecular formula is C24H27Cl2N3O. The summed E-state index contributed by atoms with van der Waals surface area (Å²) in [5.41, 5.74) is 2.83. The fourth-order valence-corrected chi connectivity index (χ4v) is 5.05. The Morgan fingerprint density at radius 3 is 2.27 bits per heavy atom. The third-order valence-corrected chi connectivity index (χ3v) is 6.88. The van der Waals surface area contributed by atoms with E-state index in [4.69, 9.17) is 28.3 Å². The van der Waals surface area contributed by atoms with Gasteiger partial charge in [-0.3, -0.25) is 9.80 Å². The molecule has 1 aliphatic carbocycles. The van der Waals surface area contributed by atoms with Gasteiger partial charge in [0.25, 0.3) is 0 Å². The first-order valence-corrected chi connectivity index (χ1v) is 11.3. The van der Waals surface area contributed by atoms with Gasteiger partial charge in [0.05, 0.1) is 5.71 Å². The number of hydrogen-bond acceptors (Lipinski definition) is 3. The summed E-state index contributed by atoms with van der Waals surface area (Å²) < 4.78 is 0. The van der Waals surface area contributed by atoms with Crippen molar-refractivity contribution in [2.24, 2.45) is 16.4 Å². The Kier molecular flexibility index (Phi) is 6.35. The van der Waals surface area contributed by atoms with Gasteiger partial charge in [-0.15, -0.1) is 0 Å². The van der Waals surface area contributed by atoms with Gasteiger partial charge < -0.3 is 5.32 Å². The molecule has 1 aliphatic heterocycles. The van der Waals surface area contributed by atoms with E-state index in [9.17, 15) is 4.79 Å². The van der Waals surface area contributed by atoms with Crippen molar-refractivity contribution in [2.45, 2.75) is 39.0 Å². The highest BCUT2D eigenvalue weighted by Gasteiger charge is 2.45. The Hall–Kier alpha value is -2.04. The highest BCUT2D eigenvalue weighted by molar-refractivity contribution is 6.31. The molecule has 1 fully saturated rings. The molecule has 1 amide bonds. The normalized spacial score (nSPS) is 22.1. The zero-order valence-electron chi connectivity index (χ0n) is 17.2. The van der Waals surface area contributed by atoms with Gasteiger partial charge >= 0.3 is 0 Å². The van der Waals surface area contributed by atoms with Crippen molar-refractivity contribution in [3.63, 3.8) is 0 Å². The number of carbonyl (C=O) groups is 1. The van der Waals surface area contributed by atoms with Crippen molar-refractivity contribution in [1.82, 2.24) is 5.01 Å². The number of benzene rings is 2. The minimum atomic E-state index is -0.0792. The van der Waals surface area contributed by atoms with Gasteiger partial charge in [0, 0.05) is 27.7 Å². The highest BCUT2D eigenvalue weighted by Crippen LogP contribution is 2.44. The molecule has 1 atom stereocenters. The molecule has 1 N–H and O–H groups in total. The Morgan fingerprint density at radius 2 is 1.63 bits per heavy atom. The van der Waals surface area contributed by atoms with Gasteiger partial charge in [-0.05, 0) is 60.7 Å². The van der Waals surface area contributed by atoms with Crippen LogP contribution in [0.3, 0.4) is 0 Å². The molecule has 158 valence electrons. The van der Waals surface area contributed by atoms with Gasteiger partial charge in [-0.25, -0.2) is 0 Å². The number of anilines is 1. The second kappa shape index (κ2) is 8.99. The lowest BCUT2D eigenvalue weighted by molar-refractivity contribution is -0.117. The average molecular weight is 444 g/mol. The van der Waals surface area contributed by atoms with Crippen LogP contribution in [-0.4, -0.2) is 29.7 Å². The van der Waals surface area contributed by atoms with Crippen molar-refractivity contribution in [1.29, 1.82) is 0 Å². The van der Waals surface area contributed by atoms with Crippen LogP contribution in [0.4, 0.5) is 5.69 Å². The molecule has 2 aliphatic rings. The number of nitrogens with zero attached hydrogens (tertiary/aromatic N) is 2. The fraction of sp³-hybridized carbons (Fsp3) is 0.417. The maximum absolute atomic E-state index is 12.7. The molecule has 0 bridgehead atoms. The minimum Gasteiger partial charge on any atom is -0.324 e. The first-order chi connectivity index (χ1) is 14.4. The summed E-state index contributed by atoms with van der Waals surface area (Å²) in [6.45, 7) is 3.29. The standard InChI is InChI=1S/C24H27Cl2N3O/c1-24(18-5-3-2-4-6-18)16-29(28-23(24)17-7-9-19(25)10-8-17)15-22(30)27-21-13-11-20(26)12-14-21/h7-14,18H,2-6,15-16H2,1H3,(H,27,30). The number of amides is 1. The summed E-state index contributed by atoms with van der Waals surface area (Å²) in [4.78, 5) is 12.7. The number of nitrogens with one attached hydrogen (secondary N) is 1. The second-order valence-corrected chi connectivity index (χ2v) is 9.46. The summed E-state index contributed by atoms with van der Waals surface area (Å²) in [6.07, 6.45) is 6.28. The first kappa shape index (κ1) is 21.2. The SMILES string of the molecule is CC1(C2CCCCC2)CN(CC(=O)Nc2ccc(Cl)cc2)N=C1c1ccc(Cl)cc1. The summed E-state index contributed by atoms with van der Waals surface area (Å²) in [5, 5.41) is 11.2. The molecule has 1 heterocycles. The zero-order chi connectivity index (χ0) is 21.1.